The molecule has 1 heterocycles. The van der Waals surface area contributed by atoms with Crippen molar-refractivity contribution in [2.45, 2.75) is 12.8 Å². The second-order valence-corrected chi connectivity index (χ2v) is 5.04. The molecule has 0 bridgehead atoms. The van der Waals surface area contributed by atoms with Crippen LogP contribution in [0.3, 0.4) is 0 Å². The molecule has 0 aromatic heterocycles. The zero-order valence-electron chi connectivity index (χ0n) is 12.3. The Kier molecular flexibility index (Phi) is 7.07. The van der Waals surface area contributed by atoms with Gasteiger partial charge in [-0.1, -0.05) is 0 Å². The zero-order valence-corrected chi connectivity index (χ0v) is 13.1. The van der Waals surface area contributed by atoms with E-state index in [9.17, 15) is 14.9 Å². The summed E-state index contributed by atoms with van der Waals surface area (Å²) in [7, 11) is 1.45. The van der Waals surface area contributed by atoms with E-state index in [0.717, 1.165) is 25.9 Å². The molecule has 0 saturated carbocycles. The summed E-state index contributed by atoms with van der Waals surface area (Å²) >= 11 is 0. The Bertz CT molecular complexity index is 533. The summed E-state index contributed by atoms with van der Waals surface area (Å²) in [6, 6.07) is 4.15. The van der Waals surface area contributed by atoms with E-state index in [2.05, 4.69) is 10.6 Å². The normalized spacial score (nSPS) is 16.7. The molecule has 2 rings (SSSR count). The van der Waals surface area contributed by atoms with Crippen molar-refractivity contribution < 1.29 is 14.5 Å². The number of nitro benzene ring substituents is 1. The Morgan fingerprint density at radius 2 is 2.32 bits per heavy atom. The number of halogens is 1. The van der Waals surface area contributed by atoms with Crippen LogP contribution in [0.4, 0.5) is 5.69 Å². The molecule has 0 aliphatic carbocycles. The molecule has 1 atom stereocenters. The fraction of sp³-hybridized carbons (Fsp3) is 0.500. The van der Waals surface area contributed by atoms with Gasteiger partial charge in [-0.25, -0.2) is 0 Å². The van der Waals surface area contributed by atoms with E-state index in [1.807, 2.05) is 0 Å². The first-order valence-electron chi connectivity index (χ1n) is 6.93. The molecule has 1 saturated heterocycles. The fourth-order valence-electron chi connectivity index (χ4n) is 2.43. The molecule has 0 spiro atoms. The van der Waals surface area contributed by atoms with Crippen LogP contribution >= 0.6 is 12.4 Å². The lowest BCUT2D eigenvalue weighted by Crippen LogP contribution is -2.27. The summed E-state index contributed by atoms with van der Waals surface area (Å²) in [4.78, 5) is 22.6. The smallest absolute Gasteiger partial charge is 0.282 e. The number of ether oxygens (including phenoxy) is 1. The molecule has 1 unspecified atom stereocenters. The van der Waals surface area contributed by atoms with Gasteiger partial charge < -0.3 is 15.4 Å². The first-order valence-corrected chi connectivity index (χ1v) is 6.93. The molecule has 1 aliphatic rings. The van der Waals surface area contributed by atoms with E-state index in [0.29, 0.717) is 18.2 Å². The highest BCUT2D eigenvalue weighted by Gasteiger charge is 2.21. The van der Waals surface area contributed by atoms with Crippen LogP contribution in [0, 0.1) is 16.0 Å². The van der Waals surface area contributed by atoms with Gasteiger partial charge in [-0.3, -0.25) is 14.9 Å². The van der Waals surface area contributed by atoms with Gasteiger partial charge in [0.15, 0.2) is 0 Å². The van der Waals surface area contributed by atoms with Gasteiger partial charge in [-0.15, -0.1) is 12.4 Å². The Labute approximate surface area is 135 Å². The summed E-state index contributed by atoms with van der Waals surface area (Å²) in [6.45, 7) is 2.49. The van der Waals surface area contributed by atoms with Crippen LogP contribution in [0.25, 0.3) is 0 Å². The molecule has 1 aliphatic heterocycles. The molecule has 1 aromatic carbocycles. The van der Waals surface area contributed by atoms with Gasteiger partial charge in [-0.2, -0.15) is 0 Å². The highest BCUT2D eigenvalue weighted by Crippen LogP contribution is 2.24. The highest BCUT2D eigenvalue weighted by atomic mass is 35.5. The summed E-state index contributed by atoms with van der Waals surface area (Å²) in [6.07, 6.45) is 1.98. The Morgan fingerprint density at radius 3 is 2.91 bits per heavy atom. The third kappa shape index (κ3) is 4.57. The fourth-order valence-corrected chi connectivity index (χ4v) is 2.43. The Hall–Kier alpha value is -1.86. The van der Waals surface area contributed by atoms with Crippen LogP contribution in [0.15, 0.2) is 18.2 Å². The van der Waals surface area contributed by atoms with Gasteiger partial charge in [0.05, 0.1) is 12.0 Å². The van der Waals surface area contributed by atoms with Crippen LogP contribution in [-0.4, -0.2) is 37.6 Å². The molecular formula is C14H20ClN3O4. The molecule has 7 nitrogen and oxygen atoms in total. The third-order valence-corrected chi connectivity index (χ3v) is 3.65. The van der Waals surface area contributed by atoms with Crippen molar-refractivity contribution in [2.24, 2.45) is 5.92 Å². The number of nitrogens with zero attached hydrogens (tertiary/aromatic N) is 1. The average molecular weight is 330 g/mol. The largest absolute Gasteiger partial charge is 0.497 e. The predicted molar refractivity (Wildman–Crippen MR) is 84.8 cm³/mol. The monoisotopic (exact) mass is 329 g/mol. The molecule has 1 amide bonds. The van der Waals surface area contributed by atoms with Crippen LogP contribution < -0.4 is 15.4 Å². The number of amides is 1. The second-order valence-electron chi connectivity index (χ2n) is 5.04. The lowest BCUT2D eigenvalue weighted by molar-refractivity contribution is -0.385. The van der Waals surface area contributed by atoms with E-state index >= 15 is 0 Å². The minimum absolute atomic E-state index is 0. The minimum atomic E-state index is -0.560. The molecule has 8 heteroatoms. The van der Waals surface area contributed by atoms with E-state index in [1.165, 1.54) is 25.3 Å². The topological polar surface area (TPSA) is 93.5 Å². The van der Waals surface area contributed by atoms with E-state index in [-0.39, 0.29) is 23.7 Å². The first-order chi connectivity index (χ1) is 10.1. The number of methoxy groups -OCH3 is 1. The number of rotatable bonds is 6. The van der Waals surface area contributed by atoms with Crippen molar-refractivity contribution in [1.29, 1.82) is 0 Å². The molecule has 2 N–H and O–H groups in total. The number of nitro groups is 1. The maximum atomic E-state index is 12.1. The highest BCUT2D eigenvalue weighted by molar-refractivity contribution is 5.98. The van der Waals surface area contributed by atoms with E-state index in [4.69, 9.17) is 4.74 Å². The lowest BCUT2D eigenvalue weighted by Gasteiger charge is -2.10. The van der Waals surface area contributed by atoms with Crippen molar-refractivity contribution in [3.63, 3.8) is 0 Å². The molecule has 1 aromatic rings. The summed E-state index contributed by atoms with van der Waals surface area (Å²) in [5.41, 5.74) is -0.181. The Balaban J connectivity index is 0.00000242. The van der Waals surface area contributed by atoms with Crippen LogP contribution in [0.2, 0.25) is 0 Å². The predicted octanol–water partition coefficient (Wildman–Crippen LogP) is 1.75. The van der Waals surface area contributed by atoms with Crippen molar-refractivity contribution in [3.05, 3.63) is 33.9 Å². The van der Waals surface area contributed by atoms with Gasteiger partial charge in [-0.05, 0) is 44.0 Å². The first kappa shape index (κ1) is 18.2. The number of hydrogen-bond acceptors (Lipinski definition) is 5. The summed E-state index contributed by atoms with van der Waals surface area (Å²) in [5.74, 6) is 0.544. The van der Waals surface area contributed by atoms with Crippen LogP contribution in [0.5, 0.6) is 5.75 Å². The van der Waals surface area contributed by atoms with Crippen LogP contribution in [0.1, 0.15) is 23.2 Å². The van der Waals surface area contributed by atoms with Gasteiger partial charge in [0.1, 0.15) is 11.3 Å². The quantitative estimate of drug-likeness (QED) is 0.612. The zero-order chi connectivity index (χ0) is 15.2. The summed E-state index contributed by atoms with van der Waals surface area (Å²) < 4.78 is 5.01. The number of carbonyl (C=O) groups excluding carboxylic acids is 1. The SMILES string of the molecule is COc1ccc([N+](=O)[O-])c(C(=O)NCCC2CCNC2)c1.Cl. The maximum Gasteiger partial charge on any atom is 0.282 e. The standard InChI is InChI=1S/C14H19N3O4.ClH/c1-21-11-2-3-13(17(19)20)12(8-11)14(18)16-7-5-10-4-6-15-9-10;/h2-3,8,10,15H,4-7,9H2,1H3,(H,16,18);1H. The minimum Gasteiger partial charge on any atom is -0.497 e. The maximum absolute atomic E-state index is 12.1. The van der Waals surface area contributed by atoms with Crippen LogP contribution in [-0.2, 0) is 0 Å². The van der Waals surface area contributed by atoms with Gasteiger partial charge in [0, 0.05) is 12.6 Å². The second kappa shape index (κ2) is 8.55. The molecule has 22 heavy (non-hydrogen) atoms. The van der Waals surface area contributed by atoms with Gasteiger partial charge >= 0.3 is 0 Å². The van der Waals surface area contributed by atoms with E-state index in [1.54, 1.807) is 0 Å². The number of benzene rings is 1. The molecule has 122 valence electrons. The van der Waals surface area contributed by atoms with Crippen molar-refractivity contribution >= 4 is 24.0 Å². The average Bonchev–Trinajstić information content (AvgIpc) is 2.99. The lowest BCUT2D eigenvalue weighted by atomic mass is 10.1. The third-order valence-electron chi connectivity index (χ3n) is 3.65. The molecular weight excluding hydrogens is 310 g/mol. The number of hydrogen-bond donors (Lipinski definition) is 2. The molecule has 1 fully saturated rings. The van der Waals surface area contributed by atoms with Crippen molar-refractivity contribution in [3.8, 4) is 5.75 Å². The van der Waals surface area contributed by atoms with Gasteiger partial charge in [0.2, 0.25) is 0 Å². The van der Waals surface area contributed by atoms with Gasteiger partial charge in [0.25, 0.3) is 11.6 Å². The van der Waals surface area contributed by atoms with E-state index < -0.39 is 10.8 Å². The Morgan fingerprint density at radius 1 is 1.55 bits per heavy atom. The number of nitrogens with one attached hydrogen (secondary N) is 2. The summed E-state index contributed by atoms with van der Waals surface area (Å²) in [5, 5.41) is 17.0. The number of carbonyl (C=O) groups is 1. The molecule has 0 radical (unpaired) electrons. The van der Waals surface area contributed by atoms with Crippen molar-refractivity contribution in [2.75, 3.05) is 26.7 Å². The van der Waals surface area contributed by atoms with Crippen molar-refractivity contribution in [1.82, 2.24) is 10.6 Å².